The summed E-state index contributed by atoms with van der Waals surface area (Å²) >= 11 is 0. The fraction of sp³-hybridized carbons (Fsp3) is 0.368. The highest BCUT2D eigenvalue weighted by Crippen LogP contribution is 2.49. The van der Waals surface area contributed by atoms with E-state index in [0.717, 1.165) is 11.3 Å². The number of rotatable bonds is 5. The molecule has 1 fully saturated rings. The Labute approximate surface area is 135 Å². The highest BCUT2D eigenvalue weighted by atomic mass is 19.1. The number of pyridine rings is 1. The summed E-state index contributed by atoms with van der Waals surface area (Å²) in [6, 6.07) is 10.4. The van der Waals surface area contributed by atoms with Crippen LogP contribution in [0.2, 0.25) is 0 Å². The lowest BCUT2D eigenvalue weighted by atomic mass is 9.94. The van der Waals surface area contributed by atoms with Crippen LogP contribution in [0.5, 0.6) is 0 Å². The zero-order valence-corrected chi connectivity index (χ0v) is 13.5. The van der Waals surface area contributed by atoms with E-state index in [0.29, 0.717) is 24.8 Å². The van der Waals surface area contributed by atoms with Crippen molar-refractivity contribution >= 4 is 5.91 Å². The Morgan fingerprint density at radius 3 is 2.70 bits per heavy atom. The Balaban J connectivity index is 1.70. The first-order valence-corrected chi connectivity index (χ1v) is 7.99. The Morgan fingerprint density at radius 1 is 1.30 bits per heavy atom. The summed E-state index contributed by atoms with van der Waals surface area (Å²) in [5.74, 6) is -0.378. The highest BCUT2D eigenvalue weighted by Gasteiger charge is 2.52. The van der Waals surface area contributed by atoms with Crippen LogP contribution in [0, 0.1) is 12.7 Å². The van der Waals surface area contributed by atoms with Crippen LogP contribution in [-0.4, -0.2) is 16.9 Å². The summed E-state index contributed by atoms with van der Waals surface area (Å²) in [5.41, 5.74) is 1.93. The summed E-state index contributed by atoms with van der Waals surface area (Å²) in [7, 11) is 0. The fourth-order valence-corrected chi connectivity index (χ4v) is 3.03. The Morgan fingerprint density at radius 2 is 2.04 bits per heavy atom. The van der Waals surface area contributed by atoms with Gasteiger partial charge in [0.25, 0.3) is 0 Å². The van der Waals surface area contributed by atoms with E-state index in [2.05, 4.69) is 10.3 Å². The maximum absolute atomic E-state index is 14.0. The lowest BCUT2D eigenvalue weighted by molar-refractivity contribution is -0.124. The third-order valence-corrected chi connectivity index (χ3v) is 4.57. The predicted octanol–water partition coefficient (Wildman–Crippen LogP) is 3.31. The third kappa shape index (κ3) is 3.11. The topological polar surface area (TPSA) is 42.0 Å². The Kier molecular flexibility index (Phi) is 4.16. The van der Waals surface area contributed by atoms with E-state index < -0.39 is 5.41 Å². The van der Waals surface area contributed by atoms with Crippen LogP contribution in [0.1, 0.15) is 36.6 Å². The first-order valence-electron chi connectivity index (χ1n) is 7.99. The molecule has 0 bridgehead atoms. The molecule has 0 spiro atoms. The molecule has 23 heavy (non-hydrogen) atoms. The van der Waals surface area contributed by atoms with Crippen LogP contribution >= 0.6 is 0 Å². The number of carbonyl (C=O) groups excluding carboxylic acids is 1. The summed E-state index contributed by atoms with van der Waals surface area (Å²) in [6.45, 7) is 3.97. The standard InChI is InChI=1S/C19H21FN2O/c1-13-6-5-11-21-17(13)12-14(2)22-18(23)19(9-10-19)15-7-3-4-8-16(15)20/h3-8,11,14H,9-10,12H2,1-2H3,(H,22,23)/t14-/m1/s1. The minimum absolute atomic E-state index is 0.0413. The van der Waals surface area contributed by atoms with Crippen molar-refractivity contribution in [2.24, 2.45) is 0 Å². The van der Waals surface area contributed by atoms with Gasteiger partial charge in [0, 0.05) is 29.9 Å². The predicted molar refractivity (Wildman–Crippen MR) is 87.6 cm³/mol. The van der Waals surface area contributed by atoms with E-state index in [1.54, 1.807) is 24.4 Å². The SMILES string of the molecule is Cc1cccnc1C[C@@H](C)NC(=O)C1(c2ccccc2F)CC1. The van der Waals surface area contributed by atoms with Crippen molar-refractivity contribution in [1.82, 2.24) is 10.3 Å². The van der Waals surface area contributed by atoms with Gasteiger partial charge < -0.3 is 5.32 Å². The molecule has 4 heteroatoms. The molecular weight excluding hydrogens is 291 g/mol. The normalized spacial score (nSPS) is 16.7. The molecule has 1 amide bonds. The van der Waals surface area contributed by atoms with Gasteiger partial charge in [0.05, 0.1) is 5.41 Å². The van der Waals surface area contributed by atoms with Crippen molar-refractivity contribution in [3.8, 4) is 0 Å². The van der Waals surface area contributed by atoms with Gasteiger partial charge in [-0.05, 0) is 44.4 Å². The van der Waals surface area contributed by atoms with Crippen molar-refractivity contribution in [3.05, 3.63) is 65.2 Å². The van der Waals surface area contributed by atoms with Crippen molar-refractivity contribution in [3.63, 3.8) is 0 Å². The van der Waals surface area contributed by atoms with Gasteiger partial charge >= 0.3 is 0 Å². The monoisotopic (exact) mass is 312 g/mol. The van der Waals surface area contributed by atoms with Crippen molar-refractivity contribution < 1.29 is 9.18 Å². The second-order valence-corrected chi connectivity index (χ2v) is 6.41. The molecule has 2 aromatic rings. The van der Waals surface area contributed by atoms with Gasteiger partial charge in [-0.3, -0.25) is 9.78 Å². The largest absolute Gasteiger partial charge is 0.352 e. The summed E-state index contributed by atoms with van der Waals surface area (Å²) in [4.78, 5) is 17.0. The lowest BCUT2D eigenvalue weighted by Crippen LogP contribution is -2.41. The summed E-state index contributed by atoms with van der Waals surface area (Å²) in [6.07, 6.45) is 3.84. The number of hydrogen-bond acceptors (Lipinski definition) is 2. The van der Waals surface area contributed by atoms with Crippen LogP contribution in [0.15, 0.2) is 42.6 Å². The van der Waals surface area contributed by atoms with Crippen LogP contribution < -0.4 is 5.32 Å². The Hall–Kier alpha value is -2.23. The van der Waals surface area contributed by atoms with Gasteiger partial charge in [-0.2, -0.15) is 0 Å². The molecule has 0 radical (unpaired) electrons. The molecule has 1 aliphatic rings. The summed E-state index contributed by atoms with van der Waals surface area (Å²) < 4.78 is 14.0. The number of nitrogens with one attached hydrogen (secondary N) is 1. The lowest BCUT2D eigenvalue weighted by Gasteiger charge is -2.20. The van der Waals surface area contributed by atoms with Gasteiger partial charge in [-0.15, -0.1) is 0 Å². The molecule has 120 valence electrons. The van der Waals surface area contributed by atoms with E-state index in [4.69, 9.17) is 0 Å². The molecule has 3 rings (SSSR count). The Bertz CT molecular complexity index is 725. The fourth-order valence-electron chi connectivity index (χ4n) is 3.03. The molecular formula is C19H21FN2O. The number of benzene rings is 1. The van der Waals surface area contributed by atoms with Gasteiger partial charge in [0.15, 0.2) is 0 Å². The van der Waals surface area contributed by atoms with E-state index in [-0.39, 0.29) is 17.8 Å². The van der Waals surface area contributed by atoms with Gasteiger partial charge in [0.2, 0.25) is 5.91 Å². The van der Waals surface area contributed by atoms with Crippen LogP contribution in [0.3, 0.4) is 0 Å². The molecule has 1 atom stereocenters. The maximum Gasteiger partial charge on any atom is 0.230 e. The van der Waals surface area contributed by atoms with Crippen LogP contribution in [0.4, 0.5) is 4.39 Å². The number of halogens is 1. The third-order valence-electron chi connectivity index (χ3n) is 4.57. The first-order chi connectivity index (χ1) is 11.0. The smallest absolute Gasteiger partial charge is 0.230 e. The molecule has 3 nitrogen and oxygen atoms in total. The average molecular weight is 312 g/mol. The minimum Gasteiger partial charge on any atom is -0.352 e. The second kappa shape index (κ2) is 6.11. The van der Waals surface area contributed by atoms with Gasteiger partial charge in [-0.1, -0.05) is 24.3 Å². The zero-order valence-electron chi connectivity index (χ0n) is 13.5. The minimum atomic E-state index is -0.682. The molecule has 1 aromatic heterocycles. The van der Waals surface area contributed by atoms with Crippen molar-refractivity contribution in [2.45, 2.75) is 44.6 Å². The van der Waals surface area contributed by atoms with E-state index in [1.165, 1.54) is 6.07 Å². The quantitative estimate of drug-likeness (QED) is 0.920. The molecule has 1 heterocycles. The molecule has 0 unspecified atom stereocenters. The number of aromatic nitrogens is 1. The number of hydrogen-bond donors (Lipinski definition) is 1. The summed E-state index contributed by atoms with van der Waals surface area (Å²) in [5, 5.41) is 3.04. The van der Waals surface area contributed by atoms with E-state index >= 15 is 0 Å². The molecule has 0 saturated heterocycles. The highest BCUT2D eigenvalue weighted by molar-refractivity contribution is 5.91. The molecule has 1 saturated carbocycles. The van der Waals surface area contributed by atoms with Gasteiger partial charge in [-0.25, -0.2) is 4.39 Å². The van der Waals surface area contributed by atoms with Crippen molar-refractivity contribution in [1.29, 1.82) is 0 Å². The zero-order chi connectivity index (χ0) is 16.4. The van der Waals surface area contributed by atoms with Crippen LogP contribution in [-0.2, 0) is 16.6 Å². The average Bonchev–Trinajstić information content (AvgIpc) is 3.32. The second-order valence-electron chi connectivity index (χ2n) is 6.41. The molecule has 0 aliphatic heterocycles. The van der Waals surface area contributed by atoms with E-state index in [9.17, 15) is 9.18 Å². The van der Waals surface area contributed by atoms with Crippen molar-refractivity contribution in [2.75, 3.05) is 0 Å². The maximum atomic E-state index is 14.0. The van der Waals surface area contributed by atoms with Gasteiger partial charge in [0.1, 0.15) is 5.82 Å². The number of carbonyl (C=O) groups is 1. The van der Waals surface area contributed by atoms with Crippen LogP contribution in [0.25, 0.3) is 0 Å². The molecule has 1 N–H and O–H groups in total. The number of aryl methyl sites for hydroxylation is 1. The number of nitrogens with zero attached hydrogens (tertiary/aromatic N) is 1. The van der Waals surface area contributed by atoms with E-state index in [1.807, 2.05) is 26.0 Å². The number of amides is 1. The first kappa shape index (κ1) is 15.7. The molecule has 1 aromatic carbocycles. The molecule has 1 aliphatic carbocycles.